The first kappa shape index (κ1) is 24.9. The number of carboxylic acid groups (broad SMARTS) is 1. The van der Waals surface area contributed by atoms with Crippen molar-refractivity contribution in [1.29, 1.82) is 0 Å². The summed E-state index contributed by atoms with van der Waals surface area (Å²) in [6.07, 6.45) is 1.34. The zero-order valence-corrected chi connectivity index (χ0v) is 20.5. The summed E-state index contributed by atoms with van der Waals surface area (Å²) in [6.45, 7) is 5.19. The van der Waals surface area contributed by atoms with Gasteiger partial charge < -0.3 is 14.6 Å². The Morgan fingerprint density at radius 2 is 1.94 bits per heavy atom. The minimum atomic E-state index is -0.918. The molecule has 0 bridgehead atoms. The Labute approximate surface area is 204 Å². The Kier molecular flexibility index (Phi) is 8.64. The number of rotatable bonds is 11. The molecule has 2 aromatic carbocycles. The summed E-state index contributed by atoms with van der Waals surface area (Å²) in [5.41, 5.74) is 3.64. The van der Waals surface area contributed by atoms with Crippen molar-refractivity contribution in [3.8, 4) is 11.5 Å². The first-order valence-corrected chi connectivity index (χ1v) is 11.5. The van der Waals surface area contributed by atoms with Crippen LogP contribution in [-0.4, -0.2) is 34.6 Å². The summed E-state index contributed by atoms with van der Waals surface area (Å²) in [5.74, 6) is 0.387. The lowest BCUT2D eigenvalue weighted by atomic mass is 10.1. The minimum absolute atomic E-state index is 0.126. The summed E-state index contributed by atoms with van der Waals surface area (Å²) < 4.78 is 13.3. The number of halogens is 2. The van der Waals surface area contributed by atoms with E-state index in [0.29, 0.717) is 46.2 Å². The highest BCUT2D eigenvalue weighted by atomic mass is 35.5. The molecule has 1 N–H and O–H groups in total. The van der Waals surface area contributed by atoms with Gasteiger partial charge in [0.15, 0.2) is 11.5 Å². The van der Waals surface area contributed by atoms with E-state index in [-0.39, 0.29) is 6.42 Å². The molecule has 0 amide bonds. The van der Waals surface area contributed by atoms with Crippen molar-refractivity contribution in [3.05, 3.63) is 75.0 Å². The van der Waals surface area contributed by atoms with Gasteiger partial charge in [-0.3, -0.25) is 9.48 Å². The number of benzene rings is 2. The first-order chi connectivity index (χ1) is 15.8. The van der Waals surface area contributed by atoms with Crippen LogP contribution in [0.25, 0.3) is 0 Å². The van der Waals surface area contributed by atoms with Crippen LogP contribution < -0.4 is 9.47 Å². The van der Waals surface area contributed by atoms with Crippen molar-refractivity contribution in [2.75, 3.05) is 13.7 Å². The molecule has 0 spiro atoms. The Balaban J connectivity index is 1.71. The lowest BCUT2D eigenvalue weighted by molar-refractivity contribution is -0.136. The number of carbonyl (C=O) groups is 1. The molecule has 6 nitrogen and oxygen atoms in total. The van der Waals surface area contributed by atoms with Crippen molar-refractivity contribution in [2.24, 2.45) is 0 Å². The monoisotopic (exact) mass is 490 g/mol. The van der Waals surface area contributed by atoms with E-state index in [0.717, 1.165) is 29.8 Å². The molecule has 0 fully saturated rings. The molecular weight excluding hydrogens is 463 g/mol. The number of aromatic nitrogens is 2. The van der Waals surface area contributed by atoms with Crippen molar-refractivity contribution in [2.45, 2.75) is 45.6 Å². The van der Waals surface area contributed by atoms with E-state index in [1.165, 1.54) is 0 Å². The number of para-hydroxylation sites is 1. The molecule has 0 aliphatic rings. The van der Waals surface area contributed by atoms with Gasteiger partial charge in [-0.2, -0.15) is 5.10 Å². The molecule has 33 heavy (non-hydrogen) atoms. The predicted molar refractivity (Wildman–Crippen MR) is 130 cm³/mol. The third kappa shape index (κ3) is 6.65. The summed E-state index contributed by atoms with van der Waals surface area (Å²) in [6, 6.07) is 12.9. The van der Waals surface area contributed by atoms with Crippen LogP contribution in [0, 0.1) is 0 Å². The third-order valence-electron chi connectivity index (χ3n) is 5.25. The lowest BCUT2D eigenvalue weighted by Crippen LogP contribution is -2.10. The maximum atomic E-state index is 11.2. The second-order valence-corrected chi connectivity index (χ2v) is 8.92. The summed E-state index contributed by atoms with van der Waals surface area (Å²) in [7, 11) is 1.54. The van der Waals surface area contributed by atoms with Gasteiger partial charge >= 0.3 is 5.97 Å². The van der Waals surface area contributed by atoms with Gasteiger partial charge in [-0.25, -0.2) is 0 Å². The van der Waals surface area contributed by atoms with Crippen molar-refractivity contribution in [1.82, 2.24) is 9.78 Å². The maximum Gasteiger partial charge on any atom is 0.307 e. The zero-order chi connectivity index (χ0) is 24.0. The molecule has 3 rings (SSSR count). The quantitative estimate of drug-likeness (QED) is 0.333. The van der Waals surface area contributed by atoms with Gasteiger partial charge in [-0.15, -0.1) is 0 Å². The number of hydrogen-bond donors (Lipinski definition) is 1. The van der Waals surface area contributed by atoms with E-state index in [4.69, 9.17) is 37.8 Å². The number of hydrogen-bond acceptors (Lipinski definition) is 4. The Morgan fingerprint density at radius 3 is 2.61 bits per heavy atom. The standard InChI is InChI=1S/C25H28Cl2N2O4/c1-16(2)22-14-20(29(28-22)15-18-9-10-19(26)13-21(18)27)7-5-11-33-25-17(12-24(30)31)6-4-8-23(25)32-3/h4,6,8-10,13-14,16H,5,7,11-12,15H2,1-3H3,(H,30,31). The number of methoxy groups -OCH3 is 1. The summed E-state index contributed by atoms with van der Waals surface area (Å²) >= 11 is 12.4. The van der Waals surface area contributed by atoms with E-state index in [2.05, 4.69) is 19.9 Å². The highest BCUT2D eigenvalue weighted by Gasteiger charge is 2.15. The average molecular weight is 491 g/mol. The Hall–Kier alpha value is -2.70. The number of nitrogens with zero attached hydrogens (tertiary/aromatic N) is 2. The molecule has 1 aromatic heterocycles. The second kappa shape index (κ2) is 11.4. The summed E-state index contributed by atoms with van der Waals surface area (Å²) in [4.78, 5) is 11.2. The summed E-state index contributed by atoms with van der Waals surface area (Å²) in [5, 5.41) is 15.2. The fraction of sp³-hybridized carbons (Fsp3) is 0.360. The van der Waals surface area contributed by atoms with Gasteiger partial charge in [0.1, 0.15) is 0 Å². The molecule has 0 unspecified atom stereocenters. The van der Waals surface area contributed by atoms with Crippen molar-refractivity contribution in [3.63, 3.8) is 0 Å². The predicted octanol–water partition coefficient (Wildman–Crippen LogP) is 6.01. The third-order valence-corrected chi connectivity index (χ3v) is 5.84. The van der Waals surface area contributed by atoms with Gasteiger partial charge in [-0.05, 0) is 48.6 Å². The SMILES string of the molecule is COc1cccc(CC(=O)O)c1OCCCc1cc(C(C)C)nn1Cc1ccc(Cl)cc1Cl. The zero-order valence-electron chi connectivity index (χ0n) is 19.0. The number of aliphatic carboxylic acids is 1. The van der Waals surface area contributed by atoms with Crippen LogP contribution in [0.3, 0.4) is 0 Å². The Bertz CT molecular complexity index is 1110. The van der Waals surface area contributed by atoms with Gasteiger partial charge in [0.25, 0.3) is 0 Å². The topological polar surface area (TPSA) is 73.6 Å². The van der Waals surface area contributed by atoms with Crippen LogP contribution in [0.15, 0.2) is 42.5 Å². The largest absolute Gasteiger partial charge is 0.493 e. The van der Waals surface area contributed by atoms with Crippen LogP contribution in [-0.2, 0) is 24.2 Å². The fourth-order valence-electron chi connectivity index (χ4n) is 3.52. The maximum absolute atomic E-state index is 11.2. The molecule has 8 heteroatoms. The molecule has 0 saturated heterocycles. The molecule has 1 heterocycles. The number of ether oxygens (including phenoxy) is 2. The van der Waals surface area contributed by atoms with Gasteiger partial charge in [0.2, 0.25) is 0 Å². The number of carboxylic acids is 1. The number of aryl methyl sites for hydroxylation is 1. The van der Waals surface area contributed by atoms with Crippen LogP contribution in [0.1, 0.15) is 48.7 Å². The van der Waals surface area contributed by atoms with E-state index in [1.807, 2.05) is 16.8 Å². The van der Waals surface area contributed by atoms with Crippen molar-refractivity contribution < 1.29 is 19.4 Å². The average Bonchev–Trinajstić information content (AvgIpc) is 3.16. The highest BCUT2D eigenvalue weighted by molar-refractivity contribution is 6.35. The smallest absolute Gasteiger partial charge is 0.307 e. The molecular formula is C25H28Cl2N2O4. The highest BCUT2D eigenvalue weighted by Crippen LogP contribution is 2.32. The van der Waals surface area contributed by atoms with Gasteiger partial charge in [0.05, 0.1) is 32.4 Å². The molecule has 0 atom stereocenters. The van der Waals surface area contributed by atoms with Gasteiger partial charge in [-0.1, -0.05) is 55.2 Å². The van der Waals surface area contributed by atoms with Crippen LogP contribution in [0.2, 0.25) is 10.0 Å². The van der Waals surface area contributed by atoms with E-state index in [1.54, 1.807) is 31.4 Å². The van der Waals surface area contributed by atoms with Crippen molar-refractivity contribution >= 4 is 29.2 Å². The fourth-order valence-corrected chi connectivity index (χ4v) is 3.99. The van der Waals surface area contributed by atoms with Crippen LogP contribution in [0.4, 0.5) is 0 Å². The van der Waals surface area contributed by atoms with E-state index < -0.39 is 5.97 Å². The van der Waals surface area contributed by atoms with Gasteiger partial charge in [0, 0.05) is 21.3 Å². The van der Waals surface area contributed by atoms with Crippen LogP contribution in [0.5, 0.6) is 11.5 Å². The lowest BCUT2D eigenvalue weighted by Gasteiger charge is -2.14. The molecule has 3 aromatic rings. The van der Waals surface area contributed by atoms with E-state index >= 15 is 0 Å². The van der Waals surface area contributed by atoms with E-state index in [9.17, 15) is 9.90 Å². The normalized spacial score (nSPS) is 11.1. The second-order valence-electron chi connectivity index (χ2n) is 8.08. The molecule has 0 radical (unpaired) electrons. The Morgan fingerprint density at radius 1 is 1.15 bits per heavy atom. The molecule has 0 aliphatic carbocycles. The van der Waals surface area contributed by atoms with Crippen LogP contribution >= 0.6 is 23.2 Å². The minimum Gasteiger partial charge on any atom is -0.493 e. The molecule has 0 aliphatic heterocycles. The molecule has 0 saturated carbocycles. The first-order valence-electron chi connectivity index (χ1n) is 10.8. The molecule has 176 valence electrons.